The summed E-state index contributed by atoms with van der Waals surface area (Å²) in [6.45, 7) is 6.22. The summed E-state index contributed by atoms with van der Waals surface area (Å²) in [6, 6.07) is 9.68. The van der Waals surface area contributed by atoms with Crippen LogP contribution in [0.3, 0.4) is 0 Å². The van der Waals surface area contributed by atoms with E-state index >= 15 is 0 Å². The van der Waals surface area contributed by atoms with E-state index in [0.29, 0.717) is 19.7 Å². The minimum Gasteiger partial charge on any atom is -0.389 e. The molecule has 1 heterocycles. The molecule has 5 nitrogen and oxygen atoms in total. The zero-order chi connectivity index (χ0) is 17.4. The third-order valence-corrected chi connectivity index (χ3v) is 3.86. The minimum atomic E-state index is -0.935. The monoisotopic (exact) mass is 332 g/mol. The van der Waals surface area contributed by atoms with Gasteiger partial charge in [-0.2, -0.15) is 0 Å². The van der Waals surface area contributed by atoms with Crippen LogP contribution in [0.25, 0.3) is 0 Å². The zero-order valence-electron chi connectivity index (χ0n) is 14.6. The summed E-state index contributed by atoms with van der Waals surface area (Å²) in [5.74, 6) is 0. The first-order valence-corrected chi connectivity index (χ1v) is 8.49. The SMILES string of the molecule is CC(C)(O)CN(Cc1ccccc1)C(=O)NCCC1=CCOCC1. The van der Waals surface area contributed by atoms with E-state index < -0.39 is 5.60 Å². The maximum absolute atomic E-state index is 12.5. The Balaban J connectivity index is 1.89. The molecule has 1 aromatic carbocycles. The molecule has 0 atom stereocenters. The molecule has 2 rings (SSSR count). The molecule has 0 unspecified atom stereocenters. The summed E-state index contributed by atoms with van der Waals surface area (Å²) >= 11 is 0. The van der Waals surface area contributed by atoms with Gasteiger partial charge < -0.3 is 20.1 Å². The molecule has 1 aliphatic rings. The van der Waals surface area contributed by atoms with Crippen molar-refractivity contribution >= 4 is 6.03 Å². The summed E-state index contributed by atoms with van der Waals surface area (Å²) in [6.07, 6.45) is 3.87. The van der Waals surface area contributed by atoms with Gasteiger partial charge in [0.2, 0.25) is 0 Å². The third-order valence-electron chi connectivity index (χ3n) is 3.86. The summed E-state index contributed by atoms with van der Waals surface area (Å²) < 4.78 is 5.29. The Bertz CT molecular complexity index is 549. The molecule has 2 amide bonds. The van der Waals surface area contributed by atoms with Crippen LogP contribution in [0.1, 0.15) is 32.3 Å². The maximum atomic E-state index is 12.5. The van der Waals surface area contributed by atoms with Gasteiger partial charge in [0.05, 0.1) is 25.4 Å². The van der Waals surface area contributed by atoms with Crippen molar-refractivity contribution < 1.29 is 14.6 Å². The Labute approximate surface area is 144 Å². The Hall–Kier alpha value is -1.85. The fourth-order valence-corrected chi connectivity index (χ4v) is 2.70. The highest BCUT2D eigenvalue weighted by molar-refractivity contribution is 5.74. The van der Waals surface area contributed by atoms with Gasteiger partial charge in [-0.15, -0.1) is 0 Å². The molecule has 132 valence electrons. The summed E-state index contributed by atoms with van der Waals surface area (Å²) in [4.78, 5) is 14.2. The lowest BCUT2D eigenvalue weighted by atomic mass is 10.1. The van der Waals surface area contributed by atoms with Crippen molar-refractivity contribution in [2.45, 2.75) is 38.8 Å². The van der Waals surface area contributed by atoms with Gasteiger partial charge >= 0.3 is 6.03 Å². The van der Waals surface area contributed by atoms with Crippen LogP contribution in [-0.4, -0.2) is 47.9 Å². The second kappa shape index (κ2) is 8.85. The van der Waals surface area contributed by atoms with Crippen LogP contribution in [0.15, 0.2) is 42.0 Å². The first kappa shape index (κ1) is 18.5. The second-order valence-electron chi connectivity index (χ2n) is 6.82. The van der Waals surface area contributed by atoms with Crippen molar-refractivity contribution in [3.8, 4) is 0 Å². The lowest BCUT2D eigenvalue weighted by Gasteiger charge is -2.29. The number of ether oxygens (including phenoxy) is 1. The average Bonchev–Trinajstić information content (AvgIpc) is 2.55. The number of urea groups is 1. The van der Waals surface area contributed by atoms with Gasteiger partial charge in [0, 0.05) is 13.1 Å². The highest BCUT2D eigenvalue weighted by Gasteiger charge is 2.22. The number of carbonyl (C=O) groups is 1. The number of carbonyl (C=O) groups excluding carboxylic acids is 1. The first-order valence-electron chi connectivity index (χ1n) is 8.49. The summed E-state index contributed by atoms with van der Waals surface area (Å²) in [5.41, 5.74) is 1.44. The Morgan fingerprint density at radius 2 is 2.08 bits per heavy atom. The number of nitrogens with zero attached hydrogens (tertiary/aromatic N) is 1. The van der Waals surface area contributed by atoms with Gasteiger partial charge in [0.25, 0.3) is 0 Å². The predicted molar refractivity (Wildman–Crippen MR) is 94.7 cm³/mol. The maximum Gasteiger partial charge on any atom is 0.317 e. The molecule has 0 fully saturated rings. The fourth-order valence-electron chi connectivity index (χ4n) is 2.70. The van der Waals surface area contributed by atoms with Crippen LogP contribution in [0.4, 0.5) is 4.79 Å². The van der Waals surface area contributed by atoms with Gasteiger partial charge in [-0.05, 0) is 32.3 Å². The van der Waals surface area contributed by atoms with Crippen LogP contribution in [0, 0.1) is 0 Å². The third kappa shape index (κ3) is 6.72. The van der Waals surface area contributed by atoms with E-state index in [-0.39, 0.29) is 12.6 Å². The second-order valence-corrected chi connectivity index (χ2v) is 6.82. The molecule has 0 bridgehead atoms. The Kier molecular flexibility index (Phi) is 6.82. The van der Waals surface area contributed by atoms with Gasteiger partial charge in [0.15, 0.2) is 0 Å². The first-order chi connectivity index (χ1) is 11.4. The number of benzene rings is 1. The zero-order valence-corrected chi connectivity index (χ0v) is 14.6. The van der Waals surface area contributed by atoms with Crippen LogP contribution in [-0.2, 0) is 11.3 Å². The van der Waals surface area contributed by atoms with E-state index in [9.17, 15) is 9.90 Å². The number of aliphatic hydroxyl groups is 1. The van der Waals surface area contributed by atoms with E-state index in [1.165, 1.54) is 5.57 Å². The Morgan fingerprint density at radius 1 is 1.33 bits per heavy atom. The van der Waals surface area contributed by atoms with Crippen LogP contribution in [0.2, 0.25) is 0 Å². The van der Waals surface area contributed by atoms with E-state index in [1.807, 2.05) is 30.3 Å². The van der Waals surface area contributed by atoms with Gasteiger partial charge in [-0.1, -0.05) is 42.0 Å². The highest BCUT2D eigenvalue weighted by Crippen LogP contribution is 2.12. The lowest BCUT2D eigenvalue weighted by Crippen LogP contribution is -2.46. The molecular weight excluding hydrogens is 304 g/mol. The van der Waals surface area contributed by atoms with Crippen LogP contribution >= 0.6 is 0 Å². The van der Waals surface area contributed by atoms with Crippen molar-refractivity contribution in [2.24, 2.45) is 0 Å². The molecule has 0 saturated carbocycles. The van der Waals surface area contributed by atoms with Crippen molar-refractivity contribution in [3.05, 3.63) is 47.5 Å². The molecule has 1 aliphatic heterocycles. The van der Waals surface area contributed by atoms with E-state index in [0.717, 1.165) is 25.0 Å². The topological polar surface area (TPSA) is 61.8 Å². The Morgan fingerprint density at radius 3 is 2.71 bits per heavy atom. The molecule has 0 aromatic heterocycles. The molecule has 24 heavy (non-hydrogen) atoms. The number of nitrogens with one attached hydrogen (secondary N) is 1. The smallest absolute Gasteiger partial charge is 0.317 e. The molecule has 5 heteroatoms. The molecule has 0 radical (unpaired) electrons. The molecule has 0 spiro atoms. The standard InChI is InChI=1S/C19H28N2O3/c1-19(2,23)15-21(14-17-6-4-3-5-7-17)18(22)20-11-8-16-9-12-24-13-10-16/h3-7,9,23H,8,10-15H2,1-2H3,(H,20,22). The summed E-state index contributed by atoms with van der Waals surface area (Å²) in [5, 5.41) is 13.1. The summed E-state index contributed by atoms with van der Waals surface area (Å²) in [7, 11) is 0. The number of hydrogen-bond donors (Lipinski definition) is 2. The van der Waals surface area contributed by atoms with E-state index in [4.69, 9.17) is 4.74 Å². The normalized spacial score (nSPS) is 14.9. The molecule has 2 N–H and O–H groups in total. The van der Waals surface area contributed by atoms with Crippen molar-refractivity contribution in [1.82, 2.24) is 10.2 Å². The quantitative estimate of drug-likeness (QED) is 0.755. The van der Waals surface area contributed by atoms with E-state index in [1.54, 1.807) is 18.7 Å². The molecule has 0 aliphatic carbocycles. The highest BCUT2D eigenvalue weighted by atomic mass is 16.5. The number of hydrogen-bond acceptors (Lipinski definition) is 3. The molecule has 1 aromatic rings. The molecule has 0 saturated heterocycles. The fraction of sp³-hybridized carbons (Fsp3) is 0.526. The van der Waals surface area contributed by atoms with Crippen molar-refractivity contribution in [1.29, 1.82) is 0 Å². The average molecular weight is 332 g/mol. The van der Waals surface area contributed by atoms with E-state index in [2.05, 4.69) is 11.4 Å². The number of rotatable bonds is 7. The van der Waals surface area contributed by atoms with Gasteiger partial charge in [-0.3, -0.25) is 0 Å². The van der Waals surface area contributed by atoms with Gasteiger partial charge in [0.1, 0.15) is 0 Å². The number of amides is 2. The largest absolute Gasteiger partial charge is 0.389 e. The molecular formula is C19H28N2O3. The van der Waals surface area contributed by atoms with Crippen molar-refractivity contribution in [2.75, 3.05) is 26.3 Å². The predicted octanol–water partition coefficient (Wildman–Crippen LogP) is 2.71. The minimum absolute atomic E-state index is 0.145. The van der Waals surface area contributed by atoms with Crippen LogP contribution in [0.5, 0.6) is 0 Å². The van der Waals surface area contributed by atoms with Gasteiger partial charge in [-0.25, -0.2) is 4.79 Å². The lowest BCUT2D eigenvalue weighted by molar-refractivity contribution is 0.0447. The van der Waals surface area contributed by atoms with Crippen LogP contribution < -0.4 is 5.32 Å². The van der Waals surface area contributed by atoms with Crippen molar-refractivity contribution in [3.63, 3.8) is 0 Å².